The standard InChI is InChI=1S/C11H14FN3O/c1-15-8-4-2-3-7(12)10(8)14-11(15)9(16)5-6-13/h2-4,9,16H,5-6,13H2,1H3. The Hall–Kier alpha value is -1.46. The van der Waals surface area contributed by atoms with Gasteiger partial charge in [-0.05, 0) is 25.1 Å². The van der Waals surface area contributed by atoms with E-state index >= 15 is 0 Å². The first-order valence-electron chi connectivity index (χ1n) is 5.14. The lowest BCUT2D eigenvalue weighted by Crippen LogP contribution is -2.10. The summed E-state index contributed by atoms with van der Waals surface area (Å²) >= 11 is 0. The van der Waals surface area contributed by atoms with E-state index in [0.717, 1.165) is 0 Å². The van der Waals surface area contributed by atoms with Crippen molar-refractivity contribution in [1.82, 2.24) is 9.55 Å². The van der Waals surface area contributed by atoms with E-state index < -0.39 is 6.10 Å². The second kappa shape index (κ2) is 4.19. The van der Waals surface area contributed by atoms with Gasteiger partial charge in [0.15, 0.2) is 5.82 Å². The van der Waals surface area contributed by atoms with Crippen LogP contribution in [0.3, 0.4) is 0 Å². The number of aliphatic hydroxyl groups excluding tert-OH is 1. The Morgan fingerprint density at radius 3 is 2.94 bits per heavy atom. The van der Waals surface area contributed by atoms with Crippen molar-refractivity contribution in [2.75, 3.05) is 6.54 Å². The number of aliphatic hydroxyl groups is 1. The molecule has 1 heterocycles. The number of benzene rings is 1. The van der Waals surface area contributed by atoms with Crippen LogP contribution in [0.15, 0.2) is 18.2 Å². The second-order valence-corrected chi connectivity index (χ2v) is 3.73. The van der Waals surface area contributed by atoms with Gasteiger partial charge in [-0.3, -0.25) is 0 Å². The zero-order valence-electron chi connectivity index (χ0n) is 9.02. The summed E-state index contributed by atoms with van der Waals surface area (Å²) in [7, 11) is 1.75. The average molecular weight is 223 g/mol. The Bertz CT molecular complexity index is 509. The zero-order valence-corrected chi connectivity index (χ0v) is 9.02. The number of imidazole rings is 1. The molecular weight excluding hydrogens is 209 g/mol. The van der Waals surface area contributed by atoms with Gasteiger partial charge in [0.05, 0.1) is 5.52 Å². The van der Waals surface area contributed by atoms with Gasteiger partial charge >= 0.3 is 0 Å². The number of aryl methyl sites for hydroxylation is 1. The predicted molar refractivity (Wildman–Crippen MR) is 59.3 cm³/mol. The molecule has 0 fully saturated rings. The smallest absolute Gasteiger partial charge is 0.151 e. The molecule has 2 rings (SSSR count). The normalized spacial score (nSPS) is 13.2. The van der Waals surface area contributed by atoms with E-state index in [-0.39, 0.29) is 11.3 Å². The number of rotatable bonds is 3. The minimum atomic E-state index is -0.748. The number of hydrogen-bond acceptors (Lipinski definition) is 3. The van der Waals surface area contributed by atoms with Crippen molar-refractivity contribution in [3.05, 3.63) is 29.8 Å². The van der Waals surface area contributed by atoms with Gasteiger partial charge in [-0.15, -0.1) is 0 Å². The largest absolute Gasteiger partial charge is 0.385 e. The van der Waals surface area contributed by atoms with Gasteiger partial charge in [0.1, 0.15) is 17.4 Å². The van der Waals surface area contributed by atoms with E-state index in [2.05, 4.69) is 4.98 Å². The molecule has 0 saturated heterocycles. The van der Waals surface area contributed by atoms with Gasteiger partial charge in [0.25, 0.3) is 0 Å². The first-order chi connectivity index (χ1) is 7.65. The molecule has 86 valence electrons. The molecule has 1 unspecified atom stereocenters. The minimum Gasteiger partial charge on any atom is -0.385 e. The van der Waals surface area contributed by atoms with Crippen LogP contribution in [0.4, 0.5) is 4.39 Å². The summed E-state index contributed by atoms with van der Waals surface area (Å²) in [5.74, 6) is 0.0739. The van der Waals surface area contributed by atoms with E-state index in [9.17, 15) is 9.50 Å². The fourth-order valence-corrected chi connectivity index (χ4v) is 1.78. The molecule has 3 N–H and O–H groups in total. The van der Waals surface area contributed by atoms with Crippen LogP contribution in [-0.4, -0.2) is 21.2 Å². The first-order valence-corrected chi connectivity index (χ1v) is 5.14. The van der Waals surface area contributed by atoms with Crippen LogP contribution in [0.2, 0.25) is 0 Å². The highest BCUT2D eigenvalue weighted by molar-refractivity contribution is 5.76. The van der Waals surface area contributed by atoms with Crippen molar-refractivity contribution in [3.8, 4) is 0 Å². The second-order valence-electron chi connectivity index (χ2n) is 3.73. The maximum atomic E-state index is 13.4. The van der Waals surface area contributed by atoms with Crippen molar-refractivity contribution in [3.63, 3.8) is 0 Å². The fraction of sp³-hybridized carbons (Fsp3) is 0.364. The topological polar surface area (TPSA) is 64.1 Å². The quantitative estimate of drug-likeness (QED) is 0.818. The fourth-order valence-electron chi connectivity index (χ4n) is 1.78. The molecule has 0 aliphatic carbocycles. The van der Waals surface area contributed by atoms with Crippen LogP contribution in [0.25, 0.3) is 11.0 Å². The van der Waals surface area contributed by atoms with Crippen LogP contribution in [0, 0.1) is 5.82 Å². The molecule has 0 amide bonds. The van der Waals surface area contributed by atoms with Gasteiger partial charge in [-0.2, -0.15) is 0 Å². The summed E-state index contributed by atoms with van der Waals surface area (Å²) in [5, 5.41) is 9.81. The minimum absolute atomic E-state index is 0.288. The predicted octanol–water partition coefficient (Wildman–Crippen LogP) is 1.09. The Morgan fingerprint density at radius 2 is 2.31 bits per heavy atom. The number of halogens is 1. The van der Waals surface area contributed by atoms with E-state index in [0.29, 0.717) is 24.3 Å². The highest BCUT2D eigenvalue weighted by atomic mass is 19.1. The molecule has 0 aliphatic rings. The number of fused-ring (bicyclic) bond motifs is 1. The van der Waals surface area contributed by atoms with Crippen LogP contribution >= 0.6 is 0 Å². The monoisotopic (exact) mass is 223 g/mol. The molecule has 16 heavy (non-hydrogen) atoms. The molecule has 0 radical (unpaired) electrons. The summed E-state index contributed by atoms with van der Waals surface area (Å²) in [4.78, 5) is 4.11. The third-order valence-corrected chi connectivity index (χ3v) is 2.63. The summed E-state index contributed by atoms with van der Waals surface area (Å²) < 4.78 is 15.1. The first kappa shape index (κ1) is 11.0. The summed E-state index contributed by atoms with van der Waals surface area (Å²) in [5.41, 5.74) is 6.33. The summed E-state index contributed by atoms with van der Waals surface area (Å²) in [6, 6.07) is 4.75. The van der Waals surface area contributed by atoms with Crippen molar-refractivity contribution in [2.45, 2.75) is 12.5 Å². The Labute approximate surface area is 92.5 Å². The van der Waals surface area contributed by atoms with E-state index in [1.54, 1.807) is 23.7 Å². The van der Waals surface area contributed by atoms with Gasteiger partial charge in [-0.1, -0.05) is 6.07 Å². The lowest BCUT2D eigenvalue weighted by atomic mass is 10.2. The van der Waals surface area contributed by atoms with Gasteiger partial charge in [0, 0.05) is 7.05 Å². The van der Waals surface area contributed by atoms with Crippen LogP contribution in [0.1, 0.15) is 18.3 Å². The summed E-state index contributed by atoms with van der Waals surface area (Å²) in [6.45, 7) is 0.368. The molecule has 0 spiro atoms. The zero-order chi connectivity index (χ0) is 11.7. The van der Waals surface area contributed by atoms with E-state index in [4.69, 9.17) is 5.73 Å². The SMILES string of the molecule is Cn1c(C(O)CCN)nc2c(F)cccc21. The third-order valence-electron chi connectivity index (χ3n) is 2.63. The molecular formula is C11H14FN3O. The molecule has 2 aromatic rings. The van der Waals surface area contributed by atoms with Gasteiger partial charge in [0.2, 0.25) is 0 Å². The lowest BCUT2D eigenvalue weighted by Gasteiger charge is -2.08. The number of hydrogen-bond donors (Lipinski definition) is 2. The highest BCUT2D eigenvalue weighted by Gasteiger charge is 2.16. The van der Waals surface area contributed by atoms with E-state index in [1.807, 2.05) is 0 Å². The molecule has 0 saturated carbocycles. The summed E-state index contributed by atoms with van der Waals surface area (Å²) in [6.07, 6.45) is -0.333. The average Bonchev–Trinajstić information content (AvgIpc) is 2.59. The van der Waals surface area contributed by atoms with Crippen molar-refractivity contribution in [2.24, 2.45) is 12.8 Å². The Kier molecular flexibility index (Phi) is 2.89. The molecule has 1 atom stereocenters. The Balaban J connectivity index is 2.55. The molecule has 1 aromatic carbocycles. The van der Waals surface area contributed by atoms with Gasteiger partial charge in [-0.25, -0.2) is 9.37 Å². The molecule has 0 aliphatic heterocycles. The number of para-hydroxylation sites is 1. The van der Waals surface area contributed by atoms with Crippen molar-refractivity contribution < 1.29 is 9.50 Å². The lowest BCUT2D eigenvalue weighted by molar-refractivity contribution is 0.157. The molecule has 4 nitrogen and oxygen atoms in total. The van der Waals surface area contributed by atoms with Crippen LogP contribution < -0.4 is 5.73 Å². The molecule has 1 aromatic heterocycles. The van der Waals surface area contributed by atoms with Crippen LogP contribution in [0.5, 0.6) is 0 Å². The van der Waals surface area contributed by atoms with Gasteiger partial charge < -0.3 is 15.4 Å². The third kappa shape index (κ3) is 1.68. The molecule has 0 bridgehead atoms. The van der Waals surface area contributed by atoms with Crippen molar-refractivity contribution in [1.29, 1.82) is 0 Å². The number of nitrogens with zero attached hydrogens (tertiary/aromatic N) is 2. The number of aromatic nitrogens is 2. The highest BCUT2D eigenvalue weighted by Crippen LogP contribution is 2.22. The maximum absolute atomic E-state index is 13.4. The Morgan fingerprint density at radius 1 is 1.56 bits per heavy atom. The number of nitrogens with two attached hydrogens (primary N) is 1. The maximum Gasteiger partial charge on any atom is 0.151 e. The van der Waals surface area contributed by atoms with E-state index in [1.165, 1.54) is 6.07 Å². The molecule has 5 heteroatoms. The van der Waals surface area contributed by atoms with Crippen molar-refractivity contribution >= 4 is 11.0 Å². The van der Waals surface area contributed by atoms with Crippen LogP contribution in [-0.2, 0) is 7.05 Å².